The minimum atomic E-state index is -0.640. The number of rotatable bonds is 3. The van der Waals surface area contributed by atoms with Gasteiger partial charge in [-0.3, -0.25) is 9.48 Å². The number of carbonyl (C=O) groups excluding carboxylic acids is 1. The largest absolute Gasteiger partial charge is 0.491 e. The van der Waals surface area contributed by atoms with E-state index in [1.807, 2.05) is 68.0 Å². The van der Waals surface area contributed by atoms with E-state index in [1.54, 1.807) is 0 Å². The van der Waals surface area contributed by atoms with Crippen molar-refractivity contribution >= 4 is 16.8 Å². The first-order valence-corrected chi connectivity index (χ1v) is 9.59. The second-order valence-corrected chi connectivity index (χ2v) is 7.98. The molecule has 4 rings (SSSR count). The highest BCUT2D eigenvalue weighted by Crippen LogP contribution is 2.29. The third kappa shape index (κ3) is 3.26. The topological polar surface area (TPSA) is 71.4 Å². The number of aromatic nitrogens is 2. The Hall–Kier alpha value is -2.80. The first kappa shape index (κ1) is 18.6. The zero-order valence-electron chi connectivity index (χ0n) is 16.9. The number of benzene rings is 1. The van der Waals surface area contributed by atoms with E-state index in [0.717, 1.165) is 41.8 Å². The van der Waals surface area contributed by atoms with Crippen molar-refractivity contribution in [3.05, 3.63) is 53.1 Å². The molecule has 2 aromatic rings. The lowest BCUT2D eigenvalue weighted by atomic mass is 9.96. The van der Waals surface area contributed by atoms with Crippen molar-refractivity contribution in [1.82, 2.24) is 25.3 Å². The van der Waals surface area contributed by atoms with Gasteiger partial charge in [0.1, 0.15) is 12.4 Å². The zero-order valence-corrected chi connectivity index (χ0v) is 16.9. The number of fused-ring (bicyclic) bond motifs is 1. The first-order valence-electron chi connectivity index (χ1n) is 9.59. The molecule has 7 heteroatoms. The maximum Gasteiger partial charge on any atom is 0.257 e. The zero-order chi connectivity index (χ0) is 19.9. The van der Waals surface area contributed by atoms with Gasteiger partial charge in [0.25, 0.3) is 5.91 Å². The Morgan fingerprint density at radius 2 is 2.07 bits per heavy atom. The van der Waals surface area contributed by atoms with Crippen LogP contribution in [-0.4, -0.2) is 53.9 Å². The second-order valence-electron chi connectivity index (χ2n) is 7.98. The lowest BCUT2D eigenvalue weighted by Crippen LogP contribution is -2.43. The average Bonchev–Trinajstić information content (AvgIpc) is 2.84. The van der Waals surface area contributed by atoms with Gasteiger partial charge in [-0.05, 0) is 19.9 Å². The van der Waals surface area contributed by atoms with Gasteiger partial charge in [0.15, 0.2) is 0 Å². The summed E-state index contributed by atoms with van der Waals surface area (Å²) in [6.45, 7) is 6.79. The maximum absolute atomic E-state index is 13.3. The summed E-state index contributed by atoms with van der Waals surface area (Å²) >= 11 is 0. The van der Waals surface area contributed by atoms with Crippen LogP contribution < -0.4 is 10.6 Å². The Labute approximate surface area is 165 Å². The molecule has 2 aliphatic rings. The van der Waals surface area contributed by atoms with Gasteiger partial charge in [0, 0.05) is 50.9 Å². The molecular weight excluding hydrogens is 354 g/mol. The van der Waals surface area contributed by atoms with Crippen LogP contribution in [0.2, 0.25) is 0 Å². The smallest absolute Gasteiger partial charge is 0.257 e. The molecule has 28 heavy (non-hydrogen) atoms. The number of para-hydroxylation sites is 1. The predicted molar refractivity (Wildman–Crippen MR) is 108 cm³/mol. The average molecular weight is 381 g/mol. The fraction of sp³-hybridized carbons (Fsp3) is 0.429. The number of nitrogens with one attached hydrogen (secondary N) is 2. The molecule has 0 spiro atoms. The Kier molecular flexibility index (Phi) is 4.63. The number of aryl methyl sites for hydroxylation is 1. The van der Waals surface area contributed by atoms with Crippen molar-refractivity contribution in [3.63, 3.8) is 0 Å². The van der Waals surface area contributed by atoms with E-state index in [2.05, 4.69) is 15.7 Å². The van der Waals surface area contributed by atoms with Crippen molar-refractivity contribution < 1.29 is 9.53 Å². The fourth-order valence-corrected chi connectivity index (χ4v) is 3.92. The number of nitrogens with zero attached hydrogens (tertiary/aromatic N) is 3. The number of hydrogen-bond donors (Lipinski definition) is 2. The Bertz CT molecular complexity index is 986. The molecule has 0 saturated heterocycles. The lowest BCUT2D eigenvalue weighted by molar-refractivity contribution is -0.119. The van der Waals surface area contributed by atoms with Gasteiger partial charge in [-0.2, -0.15) is 5.10 Å². The fourth-order valence-electron chi connectivity index (χ4n) is 3.92. The van der Waals surface area contributed by atoms with E-state index >= 15 is 0 Å². The standard InChI is InChI=1S/C21H27N5O2/c1-21(2,19-15-7-5-6-8-17(15)26(4)24-19)23-20(27)16-13-25(3)12-14-11-22-9-10-28-18(14)16/h5-8,13,22H,9-12H2,1-4H3,(H,23,27). The van der Waals surface area contributed by atoms with Crippen LogP contribution >= 0.6 is 0 Å². The summed E-state index contributed by atoms with van der Waals surface area (Å²) in [7, 11) is 3.89. The molecule has 0 fully saturated rings. The van der Waals surface area contributed by atoms with Gasteiger partial charge in [0.05, 0.1) is 22.3 Å². The van der Waals surface area contributed by atoms with Gasteiger partial charge < -0.3 is 20.3 Å². The van der Waals surface area contributed by atoms with Crippen LogP contribution in [0.3, 0.4) is 0 Å². The van der Waals surface area contributed by atoms with E-state index in [0.29, 0.717) is 17.9 Å². The van der Waals surface area contributed by atoms with Gasteiger partial charge in [-0.1, -0.05) is 18.2 Å². The molecule has 0 aliphatic carbocycles. The van der Waals surface area contributed by atoms with Gasteiger partial charge in [0.2, 0.25) is 0 Å². The molecule has 2 aliphatic heterocycles. The molecule has 0 unspecified atom stereocenters. The highest BCUT2D eigenvalue weighted by Gasteiger charge is 2.33. The number of hydrogen-bond acceptors (Lipinski definition) is 5. The SMILES string of the molecule is CN1C=C(C(=O)NC(C)(C)c2nn(C)c3ccccc23)C2=C(CNCCO2)C1. The van der Waals surface area contributed by atoms with Crippen molar-refractivity contribution in [1.29, 1.82) is 0 Å². The number of ether oxygens (including phenoxy) is 1. The van der Waals surface area contributed by atoms with Crippen molar-refractivity contribution in [2.45, 2.75) is 19.4 Å². The summed E-state index contributed by atoms with van der Waals surface area (Å²) in [5.41, 5.74) is 2.92. The third-order valence-corrected chi connectivity index (χ3v) is 5.24. The number of carbonyl (C=O) groups is 1. The maximum atomic E-state index is 13.3. The molecule has 0 bridgehead atoms. The van der Waals surface area contributed by atoms with Crippen LogP contribution in [0.4, 0.5) is 0 Å². The van der Waals surface area contributed by atoms with E-state index in [9.17, 15) is 4.79 Å². The summed E-state index contributed by atoms with van der Waals surface area (Å²) in [5.74, 6) is 0.558. The van der Waals surface area contributed by atoms with Gasteiger partial charge >= 0.3 is 0 Å². The second kappa shape index (κ2) is 6.98. The molecule has 1 aromatic carbocycles. The van der Waals surface area contributed by atoms with Crippen LogP contribution in [0.1, 0.15) is 19.5 Å². The normalized spacial score (nSPS) is 17.7. The Balaban J connectivity index is 1.65. The molecule has 0 atom stereocenters. The van der Waals surface area contributed by atoms with E-state index in [-0.39, 0.29) is 5.91 Å². The van der Waals surface area contributed by atoms with E-state index < -0.39 is 5.54 Å². The monoisotopic (exact) mass is 381 g/mol. The van der Waals surface area contributed by atoms with Crippen LogP contribution in [0.5, 0.6) is 0 Å². The van der Waals surface area contributed by atoms with Crippen LogP contribution in [0.15, 0.2) is 47.4 Å². The van der Waals surface area contributed by atoms with Crippen molar-refractivity contribution in [2.75, 3.05) is 33.3 Å². The van der Waals surface area contributed by atoms with Crippen LogP contribution in [-0.2, 0) is 22.1 Å². The molecule has 148 valence electrons. The molecule has 1 aromatic heterocycles. The Morgan fingerprint density at radius 3 is 2.89 bits per heavy atom. The predicted octanol–water partition coefficient (Wildman–Crippen LogP) is 1.63. The molecule has 0 saturated carbocycles. The summed E-state index contributed by atoms with van der Waals surface area (Å²) in [4.78, 5) is 15.3. The van der Waals surface area contributed by atoms with Gasteiger partial charge in [-0.25, -0.2) is 0 Å². The van der Waals surface area contributed by atoms with Crippen LogP contribution in [0, 0.1) is 0 Å². The quantitative estimate of drug-likeness (QED) is 0.846. The van der Waals surface area contributed by atoms with E-state index in [4.69, 9.17) is 4.74 Å². The number of amides is 1. The highest BCUT2D eigenvalue weighted by molar-refractivity contribution is 5.98. The molecular formula is C21H27N5O2. The van der Waals surface area contributed by atoms with Crippen molar-refractivity contribution in [3.8, 4) is 0 Å². The van der Waals surface area contributed by atoms with Crippen molar-refractivity contribution in [2.24, 2.45) is 7.05 Å². The molecule has 1 amide bonds. The summed E-state index contributed by atoms with van der Waals surface area (Å²) < 4.78 is 7.78. The van der Waals surface area contributed by atoms with E-state index in [1.165, 1.54) is 0 Å². The lowest BCUT2D eigenvalue weighted by Gasteiger charge is -2.29. The molecule has 7 nitrogen and oxygen atoms in total. The van der Waals surface area contributed by atoms with Gasteiger partial charge in [-0.15, -0.1) is 0 Å². The molecule has 3 heterocycles. The summed E-state index contributed by atoms with van der Waals surface area (Å²) in [5, 5.41) is 12.3. The van der Waals surface area contributed by atoms with Crippen LogP contribution in [0.25, 0.3) is 10.9 Å². The summed E-state index contributed by atoms with van der Waals surface area (Å²) in [6.07, 6.45) is 1.87. The number of likely N-dealkylation sites (N-methyl/N-ethyl adjacent to an activating group) is 1. The minimum absolute atomic E-state index is 0.152. The third-order valence-electron chi connectivity index (χ3n) is 5.24. The Morgan fingerprint density at radius 1 is 1.29 bits per heavy atom. The first-order chi connectivity index (χ1) is 13.4. The molecule has 0 radical (unpaired) electrons. The highest BCUT2D eigenvalue weighted by atomic mass is 16.5. The summed E-state index contributed by atoms with van der Waals surface area (Å²) in [6, 6.07) is 8.06. The molecule has 2 N–H and O–H groups in total. The minimum Gasteiger partial charge on any atom is -0.491 e.